The molecule has 7 nitrogen and oxygen atoms in total. The summed E-state index contributed by atoms with van der Waals surface area (Å²) in [5.41, 5.74) is 1.17. The van der Waals surface area contributed by atoms with Crippen LogP contribution in [0.2, 0.25) is 0 Å². The summed E-state index contributed by atoms with van der Waals surface area (Å²) in [6.45, 7) is 0.725. The maximum atomic E-state index is 12.7. The molecule has 0 saturated heterocycles. The Balaban J connectivity index is 1.53. The normalized spacial score (nSPS) is 16.3. The van der Waals surface area contributed by atoms with E-state index < -0.39 is 0 Å². The summed E-state index contributed by atoms with van der Waals surface area (Å²) in [6.07, 6.45) is 7.18. The highest BCUT2D eigenvalue weighted by atomic mass is 16.5. The van der Waals surface area contributed by atoms with Gasteiger partial charge in [0.05, 0.1) is 19.0 Å². The first-order valence-corrected chi connectivity index (χ1v) is 8.24. The van der Waals surface area contributed by atoms with Gasteiger partial charge in [-0.2, -0.15) is 5.10 Å². The predicted octanol–water partition coefficient (Wildman–Crippen LogP) is 1.82. The molecule has 7 heteroatoms. The molecule has 0 saturated carbocycles. The zero-order chi connectivity index (χ0) is 17.2. The van der Waals surface area contributed by atoms with Crippen molar-refractivity contribution in [2.24, 2.45) is 0 Å². The molecule has 0 radical (unpaired) electrons. The van der Waals surface area contributed by atoms with Crippen molar-refractivity contribution in [3.8, 4) is 11.4 Å². The number of ether oxygens (including phenoxy) is 1. The van der Waals surface area contributed by atoms with Gasteiger partial charge in [-0.25, -0.2) is 9.67 Å². The molecular weight excluding hydrogens is 318 g/mol. The van der Waals surface area contributed by atoms with Crippen LogP contribution in [0, 0.1) is 0 Å². The van der Waals surface area contributed by atoms with E-state index in [1.165, 1.54) is 0 Å². The number of fused-ring (bicyclic) bond motifs is 1. The van der Waals surface area contributed by atoms with Crippen LogP contribution in [-0.4, -0.2) is 38.4 Å². The molecule has 3 aromatic rings. The van der Waals surface area contributed by atoms with Crippen molar-refractivity contribution in [1.29, 1.82) is 0 Å². The molecule has 25 heavy (non-hydrogen) atoms. The summed E-state index contributed by atoms with van der Waals surface area (Å²) in [7, 11) is 1.54. The quantitative estimate of drug-likeness (QED) is 0.788. The van der Waals surface area contributed by atoms with Crippen molar-refractivity contribution in [2.45, 2.75) is 25.4 Å². The molecule has 0 spiro atoms. The van der Waals surface area contributed by atoms with Crippen LogP contribution in [0.5, 0.6) is 5.75 Å². The van der Waals surface area contributed by atoms with Crippen molar-refractivity contribution in [3.05, 3.63) is 60.4 Å². The van der Waals surface area contributed by atoms with Gasteiger partial charge >= 0.3 is 0 Å². The number of rotatable bonds is 4. The molecule has 1 aliphatic rings. The highest BCUT2D eigenvalue weighted by molar-refractivity contribution is 5.95. The van der Waals surface area contributed by atoms with E-state index in [0.29, 0.717) is 11.4 Å². The lowest BCUT2D eigenvalue weighted by molar-refractivity contribution is 0.0919. The first kappa shape index (κ1) is 15.4. The minimum atomic E-state index is -0.222. The van der Waals surface area contributed by atoms with Crippen LogP contribution < -0.4 is 10.1 Å². The second-order valence-corrected chi connectivity index (χ2v) is 6.03. The molecule has 1 aliphatic heterocycles. The SMILES string of the molecule is COc1cn(-c2ccccc2)nc1C(=O)NC1CCc2nccn2C1. The number of imidazole rings is 1. The van der Waals surface area contributed by atoms with Crippen LogP contribution in [-0.2, 0) is 13.0 Å². The van der Waals surface area contributed by atoms with Crippen LogP contribution in [0.15, 0.2) is 48.9 Å². The first-order chi connectivity index (χ1) is 12.2. The predicted molar refractivity (Wildman–Crippen MR) is 91.9 cm³/mol. The van der Waals surface area contributed by atoms with E-state index >= 15 is 0 Å². The number of nitrogens with zero attached hydrogens (tertiary/aromatic N) is 4. The van der Waals surface area contributed by atoms with Crippen molar-refractivity contribution >= 4 is 5.91 Å². The van der Waals surface area contributed by atoms with E-state index in [1.807, 2.05) is 36.5 Å². The number of methoxy groups -OCH3 is 1. The molecule has 1 atom stereocenters. The van der Waals surface area contributed by atoms with Crippen LogP contribution in [0.25, 0.3) is 5.69 Å². The summed E-state index contributed by atoms with van der Waals surface area (Å²) in [5, 5.41) is 7.47. The molecule has 1 unspecified atom stereocenters. The number of para-hydroxylation sites is 1. The van der Waals surface area contributed by atoms with E-state index in [9.17, 15) is 4.79 Å². The summed E-state index contributed by atoms with van der Waals surface area (Å²) >= 11 is 0. The highest BCUT2D eigenvalue weighted by Crippen LogP contribution is 2.20. The lowest BCUT2D eigenvalue weighted by Gasteiger charge is -2.24. The molecule has 0 fully saturated rings. The van der Waals surface area contributed by atoms with Gasteiger partial charge < -0.3 is 14.6 Å². The third kappa shape index (κ3) is 3.00. The average Bonchev–Trinajstić information content (AvgIpc) is 3.28. The van der Waals surface area contributed by atoms with Gasteiger partial charge in [0.2, 0.25) is 0 Å². The van der Waals surface area contributed by atoms with E-state index in [1.54, 1.807) is 24.2 Å². The van der Waals surface area contributed by atoms with Gasteiger partial charge in [0, 0.05) is 31.4 Å². The van der Waals surface area contributed by atoms with E-state index in [2.05, 4.69) is 20.0 Å². The van der Waals surface area contributed by atoms with Crippen molar-refractivity contribution < 1.29 is 9.53 Å². The summed E-state index contributed by atoms with van der Waals surface area (Å²) in [6, 6.07) is 9.69. The minimum Gasteiger partial charge on any atom is -0.493 e. The Morgan fingerprint density at radius 1 is 1.32 bits per heavy atom. The monoisotopic (exact) mass is 337 g/mol. The maximum Gasteiger partial charge on any atom is 0.275 e. The van der Waals surface area contributed by atoms with Crippen LogP contribution in [0.4, 0.5) is 0 Å². The number of carbonyl (C=O) groups is 1. The number of hydrogen-bond donors (Lipinski definition) is 1. The average molecular weight is 337 g/mol. The number of benzene rings is 1. The number of aromatic nitrogens is 4. The van der Waals surface area contributed by atoms with E-state index in [0.717, 1.165) is 30.9 Å². The van der Waals surface area contributed by atoms with Crippen molar-refractivity contribution in [1.82, 2.24) is 24.6 Å². The van der Waals surface area contributed by atoms with Crippen LogP contribution in [0.3, 0.4) is 0 Å². The van der Waals surface area contributed by atoms with Gasteiger partial charge in [-0.05, 0) is 18.6 Å². The molecule has 0 bridgehead atoms. The summed E-state index contributed by atoms with van der Waals surface area (Å²) < 4.78 is 9.08. The second kappa shape index (κ2) is 6.43. The fourth-order valence-electron chi connectivity index (χ4n) is 3.12. The van der Waals surface area contributed by atoms with Gasteiger partial charge in [0.25, 0.3) is 5.91 Å². The Labute approximate surface area is 145 Å². The largest absolute Gasteiger partial charge is 0.493 e. The number of amides is 1. The number of aryl methyl sites for hydroxylation is 1. The summed E-state index contributed by atoms with van der Waals surface area (Å²) in [5.74, 6) is 1.30. The standard InChI is InChI=1S/C18H19N5O2/c1-25-15-12-23(14-5-3-2-4-6-14)21-17(15)18(24)20-13-7-8-16-19-9-10-22(16)11-13/h2-6,9-10,12-13H,7-8,11H2,1H3,(H,20,24). The highest BCUT2D eigenvalue weighted by Gasteiger charge is 2.24. The molecule has 1 amide bonds. The Morgan fingerprint density at radius 2 is 2.16 bits per heavy atom. The second-order valence-electron chi connectivity index (χ2n) is 6.03. The van der Waals surface area contributed by atoms with Crippen LogP contribution in [0.1, 0.15) is 22.7 Å². The van der Waals surface area contributed by atoms with Gasteiger partial charge in [-0.1, -0.05) is 18.2 Å². The topological polar surface area (TPSA) is 74.0 Å². The van der Waals surface area contributed by atoms with Crippen molar-refractivity contribution in [3.63, 3.8) is 0 Å². The molecular formula is C18H19N5O2. The Kier molecular flexibility index (Phi) is 3.97. The van der Waals surface area contributed by atoms with Gasteiger partial charge in [0.1, 0.15) is 5.82 Å². The lowest BCUT2D eigenvalue weighted by Crippen LogP contribution is -2.41. The Hall–Kier alpha value is -3.09. The summed E-state index contributed by atoms with van der Waals surface area (Å²) in [4.78, 5) is 17.0. The maximum absolute atomic E-state index is 12.7. The fraction of sp³-hybridized carbons (Fsp3) is 0.278. The van der Waals surface area contributed by atoms with Gasteiger partial charge in [0.15, 0.2) is 11.4 Å². The fourth-order valence-corrected chi connectivity index (χ4v) is 3.12. The van der Waals surface area contributed by atoms with Gasteiger partial charge in [-0.3, -0.25) is 4.79 Å². The zero-order valence-corrected chi connectivity index (χ0v) is 13.9. The zero-order valence-electron chi connectivity index (χ0n) is 13.9. The minimum absolute atomic E-state index is 0.0563. The smallest absolute Gasteiger partial charge is 0.275 e. The first-order valence-electron chi connectivity index (χ1n) is 8.24. The Bertz CT molecular complexity index is 884. The molecule has 1 N–H and O–H groups in total. The van der Waals surface area contributed by atoms with Crippen LogP contribution >= 0.6 is 0 Å². The number of hydrogen-bond acceptors (Lipinski definition) is 4. The third-order valence-electron chi connectivity index (χ3n) is 4.41. The Morgan fingerprint density at radius 3 is 2.96 bits per heavy atom. The molecule has 128 valence electrons. The molecule has 0 aliphatic carbocycles. The molecule has 2 aromatic heterocycles. The lowest BCUT2D eigenvalue weighted by atomic mass is 10.1. The van der Waals surface area contributed by atoms with E-state index in [4.69, 9.17) is 4.74 Å². The van der Waals surface area contributed by atoms with Crippen molar-refractivity contribution in [2.75, 3.05) is 7.11 Å². The van der Waals surface area contributed by atoms with E-state index in [-0.39, 0.29) is 11.9 Å². The number of nitrogens with one attached hydrogen (secondary N) is 1. The van der Waals surface area contributed by atoms with Gasteiger partial charge in [-0.15, -0.1) is 0 Å². The molecule has 4 rings (SSSR count). The molecule has 1 aromatic carbocycles. The number of carbonyl (C=O) groups excluding carboxylic acids is 1. The third-order valence-corrected chi connectivity index (χ3v) is 4.41. The molecule has 3 heterocycles.